The molecule has 1 fully saturated rings. The van der Waals surface area contributed by atoms with Crippen molar-refractivity contribution >= 4 is 29.5 Å². The molecule has 2 aromatic rings. The third-order valence-corrected chi connectivity index (χ3v) is 5.30. The van der Waals surface area contributed by atoms with Crippen molar-refractivity contribution in [3.63, 3.8) is 0 Å². The van der Waals surface area contributed by atoms with Crippen LogP contribution in [0.25, 0.3) is 0 Å². The first-order valence-electron chi connectivity index (χ1n) is 10.8. The summed E-state index contributed by atoms with van der Waals surface area (Å²) in [4.78, 5) is 38.7. The second kappa shape index (κ2) is 9.80. The average Bonchev–Trinajstić information content (AvgIpc) is 2.73. The largest absolute Gasteiger partial charge is 0.445 e. The molecule has 1 unspecified atom stereocenters. The summed E-state index contributed by atoms with van der Waals surface area (Å²) in [5, 5.41) is 3.24. The van der Waals surface area contributed by atoms with Crippen molar-refractivity contribution < 1.29 is 14.3 Å². The van der Waals surface area contributed by atoms with Crippen LogP contribution in [-0.2, 0) is 4.74 Å². The molecule has 3 heterocycles. The van der Waals surface area contributed by atoms with E-state index in [0.717, 1.165) is 29.9 Å². The second-order valence-corrected chi connectivity index (χ2v) is 8.58. The fraction of sp³-hybridized carbons (Fsp3) is 0.500. The summed E-state index contributed by atoms with van der Waals surface area (Å²) >= 11 is 0. The number of carbonyl (C=O) groups is 2. The van der Waals surface area contributed by atoms with E-state index in [-0.39, 0.29) is 23.5 Å². The molecule has 10 heteroatoms. The van der Waals surface area contributed by atoms with E-state index < -0.39 is 12.0 Å². The molecule has 2 amide bonds. The number of ether oxygens (including phenoxy) is 1. The van der Waals surface area contributed by atoms with Gasteiger partial charge in [-0.1, -0.05) is 27.7 Å². The Morgan fingerprint density at radius 3 is 2.34 bits per heavy atom. The van der Waals surface area contributed by atoms with Gasteiger partial charge in [-0.05, 0) is 36.8 Å². The Morgan fingerprint density at radius 1 is 1.12 bits per heavy atom. The lowest BCUT2D eigenvalue weighted by Gasteiger charge is -2.32. The highest BCUT2D eigenvalue weighted by atomic mass is 16.6. The van der Waals surface area contributed by atoms with E-state index in [9.17, 15) is 9.59 Å². The first kappa shape index (κ1) is 23.2. The molecular weight excluding hydrogens is 410 g/mol. The van der Waals surface area contributed by atoms with Gasteiger partial charge in [-0.3, -0.25) is 9.78 Å². The number of nitrogens with one attached hydrogen (secondary N) is 1. The maximum Gasteiger partial charge on any atom is 0.404 e. The first-order valence-corrected chi connectivity index (χ1v) is 10.8. The normalized spacial score (nSPS) is 16.3. The minimum absolute atomic E-state index is 0.185. The van der Waals surface area contributed by atoms with Gasteiger partial charge in [0, 0.05) is 29.8 Å². The van der Waals surface area contributed by atoms with Crippen molar-refractivity contribution in [1.29, 1.82) is 0 Å². The number of hydrogen-bond acceptors (Lipinski definition) is 8. The molecular formula is C22H31N7O3. The van der Waals surface area contributed by atoms with Gasteiger partial charge < -0.3 is 26.4 Å². The van der Waals surface area contributed by atoms with Gasteiger partial charge in [-0.25, -0.2) is 9.78 Å². The SMILES string of the molecule is CC(C)c1cc(Nc2nc(N3CCCC(OC(N)=O)C3)ncc2C(N)=O)cc(C(C)C)n1. The topological polar surface area (TPSA) is 149 Å². The number of pyridine rings is 1. The van der Waals surface area contributed by atoms with Crippen LogP contribution in [0.4, 0.5) is 22.2 Å². The molecule has 0 saturated carbocycles. The Morgan fingerprint density at radius 2 is 1.78 bits per heavy atom. The lowest BCUT2D eigenvalue weighted by atomic mass is 10.0. The molecule has 172 valence electrons. The Balaban J connectivity index is 1.94. The van der Waals surface area contributed by atoms with Crippen molar-refractivity contribution in [2.45, 2.75) is 58.5 Å². The molecule has 0 bridgehead atoms. The van der Waals surface area contributed by atoms with E-state index in [4.69, 9.17) is 21.2 Å². The van der Waals surface area contributed by atoms with Crippen molar-refractivity contribution in [1.82, 2.24) is 15.0 Å². The van der Waals surface area contributed by atoms with Crippen molar-refractivity contribution in [3.8, 4) is 0 Å². The molecule has 2 aromatic heterocycles. The standard InChI is InChI=1S/C22H31N7O3/c1-12(2)17-8-14(9-18(27-17)13(3)4)26-20-16(19(23)30)10-25-22(28-20)29-7-5-6-15(11-29)32-21(24)31/h8-10,12-13,15H,5-7,11H2,1-4H3,(H2,23,30)(H2,24,31)(H,25,26,27,28). The van der Waals surface area contributed by atoms with Crippen LogP contribution in [-0.4, -0.2) is 46.1 Å². The molecule has 0 radical (unpaired) electrons. The minimum Gasteiger partial charge on any atom is -0.445 e. The average molecular weight is 442 g/mol. The fourth-order valence-corrected chi connectivity index (χ4v) is 3.56. The summed E-state index contributed by atoms with van der Waals surface area (Å²) in [5.74, 6) is 0.575. The van der Waals surface area contributed by atoms with E-state index in [2.05, 4.69) is 43.0 Å². The summed E-state index contributed by atoms with van der Waals surface area (Å²) in [5.41, 5.74) is 13.6. The van der Waals surface area contributed by atoms with Gasteiger partial charge in [0.1, 0.15) is 17.5 Å². The zero-order chi connectivity index (χ0) is 23.4. The molecule has 1 aliphatic rings. The number of carbonyl (C=O) groups excluding carboxylic acids is 2. The number of hydrogen-bond donors (Lipinski definition) is 3. The van der Waals surface area contributed by atoms with Crippen molar-refractivity contribution in [3.05, 3.63) is 35.3 Å². The van der Waals surface area contributed by atoms with Crippen LogP contribution >= 0.6 is 0 Å². The summed E-state index contributed by atoms with van der Waals surface area (Å²) < 4.78 is 5.15. The minimum atomic E-state index is -0.802. The van der Waals surface area contributed by atoms with Crippen LogP contribution in [0.1, 0.15) is 74.1 Å². The third-order valence-electron chi connectivity index (χ3n) is 5.30. The van der Waals surface area contributed by atoms with Crippen molar-refractivity contribution in [2.75, 3.05) is 23.3 Å². The highest BCUT2D eigenvalue weighted by Crippen LogP contribution is 2.27. The van der Waals surface area contributed by atoms with Gasteiger partial charge >= 0.3 is 6.09 Å². The highest BCUT2D eigenvalue weighted by molar-refractivity contribution is 5.98. The van der Waals surface area contributed by atoms with E-state index in [1.165, 1.54) is 6.20 Å². The zero-order valence-electron chi connectivity index (χ0n) is 19.0. The quantitative estimate of drug-likeness (QED) is 0.593. The Hall–Kier alpha value is -3.43. The van der Waals surface area contributed by atoms with E-state index in [1.54, 1.807) is 0 Å². The molecule has 0 spiro atoms. The summed E-state index contributed by atoms with van der Waals surface area (Å²) in [7, 11) is 0. The third kappa shape index (κ3) is 5.63. The summed E-state index contributed by atoms with van der Waals surface area (Å²) in [6.07, 6.45) is 1.79. The molecule has 5 N–H and O–H groups in total. The van der Waals surface area contributed by atoms with Gasteiger partial charge in [0.25, 0.3) is 5.91 Å². The molecule has 1 saturated heterocycles. The number of piperidine rings is 1. The lowest BCUT2D eigenvalue weighted by Crippen LogP contribution is -2.42. The summed E-state index contributed by atoms with van der Waals surface area (Å²) in [6.45, 7) is 9.42. The lowest BCUT2D eigenvalue weighted by molar-refractivity contribution is 0.0959. The van der Waals surface area contributed by atoms with Gasteiger partial charge in [0.2, 0.25) is 5.95 Å². The molecule has 32 heavy (non-hydrogen) atoms. The van der Waals surface area contributed by atoms with Crippen molar-refractivity contribution in [2.24, 2.45) is 11.5 Å². The number of nitrogens with zero attached hydrogens (tertiary/aromatic N) is 4. The van der Waals surface area contributed by atoms with Crippen LogP contribution in [0.5, 0.6) is 0 Å². The number of anilines is 3. The van der Waals surface area contributed by atoms with E-state index >= 15 is 0 Å². The fourth-order valence-electron chi connectivity index (χ4n) is 3.56. The molecule has 3 rings (SSSR count). The van der Waals surface area contributed by atoms with Crippen LogP contribution in [0.3, 0.4) is 0 Å². The van der Waals surface area contributed by atoms with E-state index in [1.807, 2.05) is 17.0 Å². The number of rotatable bonds is 7. The van der Waals surface area contributed by atoms with E-state index in [0.29, 0.717) is 24.9 Å². The zero-order valence-corrected chi connectivity index (χ0v) is 19.0. The predicted octanol–water partition coefficient (Wildman–Crippen LogP) is 3.03. The van der Waals surface area contributed by atoms with Gasteiger partial charge in [0.05, 0.1) is 6.54 Å². The highest BCUT2D eigenvalue weighted by Gasteiger charge is 2.25. The molecule has 0 aromatic carbocycles. The molecule has 0 aliphatic carbocycles. The Labute approximate surface area is 187 Å². The van der Waals surface area contributed by atoms with Gasteiger partial charge in [-0.2, -0.15) is 4.98 Å². The number of amides is 2. The first-order chi connectivity index (χ1) is 15.1. The molecule has 10 nitrogen and oxygen atoms in total. The Bertz CT molecular complexity index is 967. The smallest absolute Gasteiger partial charge is 0.404 e. The maximum atomic E-state index is 12.0. The number of nitrogens with two attached hydrogens (primary N) is 2. The monoisotopic (exact) mass is 441 g/mol. The van der Waals surface area contributed by atoms with Gasteiger partial charge in [-0.15, -0.1) is 0 Å². The maximum absolute atomic E-state index is 12.0. The van der Waals surface area contributed by atoms with Crippen LogP contribution in [0, 0.1) is 0 Å². The number of aromatic nitrogens is 3. The molecule has 1 aliphatic heterocycles. The van der Waals surface area contributed by atoms with Gasteiger partial charge in [0.15, 0.2) is 0 Å². The number of primary amides is 2. The summed E-state index contributed by atoms with van der Waals surface area (Å²) in [6, 6.07) is 3.89. The molecule has 1 atom stereocenters. The van der Waals surface area contributed by atoms with Crippen LogP contribution < -0.4 is 21.7 Å². The van der Waals surface area contributed by atoms with Crippen LogP contribution in [0.15, 0.2) is 18.3 Å². The predicted molar refractivity (Wildman–Crippen MR) is 122 cm³/mol. The Kier molecular flexibility index (Phi) is 7.12. The second-order valence-electron chi connectivity index (χ2n) is 8.58. The van der Waals surface area contributed by atoms with Crippen LogP contribution in [0.2, 0.25) is 0 Å².